The Bertz CT molecular complexity index is 686. The first-order valence-corrected chi connectivity index (χ1v) is 8.98. The minimum atomic E-state index is -0.00609. The molecule has 0 saturated carbocycles. The minimum Gasteiger partial charge on any atom is -0.378 e. The molecule has 3 rings (SSSR count). The van der Waals surface area contributed by atoms with Crippen LogP contribution in [-0.2, 0) is 10.2 Å². The molecule has 5 nitrogen and oxygen atoms in total. The number of nitrogens with zero attached hydrogens (tertiary/aromatic N) is 3. The molecule has 128 valence electrons. The number of morpholine rings is 1. The standard InChI is InChI=1S/C18H23BrN4O/c1-18(2,14-4-3-5-15(19)10-14)12-20-16-11-17(22-13-21-16)23-6-8-24-9-7-23/h3-5,10-11,13H,6-9,12H2,1-2H3,(H,20,21,22). The summed E-state index contributed by atoms with van der Waals surface area (Å²) in [6, 6.07) is 10.5. The monoisotopic (exact) mass is 390 g/mol. The summed E-state index contributed by atoms with van der Waals surface area (Å²) in [4.78, 5) is 11.0. The van der Waals surface area contributed by atoms with Gasteiger partial charge in [-0.2, -0.15) is 0 Å². The summed E-state index contributed by atoms with van der Waals surface area (Å²) in [5.41, 5.74) is 1.28. The summed E-state index contributed by atoms with van der Waals surface area (Å²) < 4.78 is 6.50. The van der Waals surface area contributed by atoms with Crippen molar-refractivity contribution in [3.8, 4) is 0 Å². The van der Waals surface area contributed by atoms with Crippen LogP contribution in [0.5, 0.6) is 0 Å². The molecule has 24 heavy (non-hydrogen) atoms. The molecule has 6 heteroatoms. The Hall–Kier alpha value is -1.66. The maximum absolute atomic E-state index is 5.40. The predicted octanol–water partition coefficient (Wildman–Crippen LogP) is 3.47. The average molecular weight is 391 g/mol. The van der Waals surface area contributed by atoms with E-state index >= 15 is 0 Å². The van der Waals surface area contributed by atoms with Crippen LogP contribution in [0.25, 0.3) is 0 Å². The molecule has 2 aromatic rings. The summed E-state index contributed by atoms with van der Waals surface area (Å²) >= 11 is 3.55. The third-order valence-corrected chi connectivity index (χ3v) is 4.80. The van der Waals surface area contributed by atoms with Gasteiger partial charge in [0.25, 0.3) is 0 Å². The molecule has 0 amide bonds. The van der Waals surface area contributed by atoms with Crippen LogP contribution in [-0.4, -0.2) is 42.8 Å². The first-order chi connectivity index (χ1) is 11.5. The van der Waals surface area contributed by atoms with Crippen molar-refractivity contribution in [1.29, 1.82) is 0 Å². The van der Waals surface area contributed by atoms with Gasteiger partial charge in [0.2, 0.25) is 0 Å². The largest absolute Gasteiger partial charge is 0.378 e. The summed E-state index contributed by atoms with van der Waals surface area (Å²) in [7, 11) is 0. The lowest BCUT2D eigenvalue weighted by Crippen LogP contribution is -2.36. The van der Waals surface area contributed by atoms with Gasteiger partial charge in [0.1, 0.15) is 18.0 Å². The molecule has 1 fully saturated rings. The molecule has 1 aromatic heterocycles. The number of hydrogen-bond donors (Lipinski definition) is 1. The van der Waals surface area contributed by atoms with Crippen LogP contribution in [0.15, 0.2) is 41.1 Å². The number of ether oxygens (including phenoxy) is 1. The molecule has 1 aromatic carbocycles. The summed E-state index contributed by atoms with van der Waals surface area (Å²) in [6.45, 7) is 8.51. The van der Waals surface area contributed by atoms with E-state index in [-0.39, 0.29) is 5.41 Å². The Balaban J connectivity index is 1.67. The zero-order valence-electron chi connectivity index (χ0n) is 14.1. The number of nitrogens with one attached hydrogen (secondary N) is 1. The second-order valence-electron chi connectivity index (χ2n) is 6.61. The molecule has 0 bridgehead atoms. The first-order valence-electron chi connectivity index (χ1n) is 8.19. The van der Waals surface area contributed by atoms with Gasteiger partial charge in [-0.1, -0.05) is 41.9 Å². The van der Waals surface area contributed by atoms with Crippen LogP contribution in [0.2, 0.25) is 0 Å². The molecular weight excluding hydrogens is 368 g/mol. The fourth-order valence-corrected chi connectivity index (χ4v) is 3.13. The number of rotatable bonds is 5. The smallest absolute Gasteiger partial charge is 0.134 e. The van der Waals surface area contributed by atoms with Gasteiger partial charge in [-0.15, -0.1) is 0 Å². The van der Waals surface area contributed by atoms with Crippen LogP contribution < -0.4 is 10.2 Å². The predicted molar refractivity (Wildman–Crippen MR) is 101 cm³/mol. The van der Waals surface area contributed by atoms with Crippen molar-refractivity contribution in [2.45, 2.75) is 19.3 Å². The van der Waals surface area contributed by atoms with E-state index in [4.69, 9.17) is 4.74 Å². The average Bonchev–Trinajstić information content (AvgIpc) is 2.61. The van der Waals surface area contributed by atoms with Crippen molar-refractivity contribution < 1.29 is 4.74 Å². The Morgan fingerprint density at radius 3 is 2.75 bits per heavy atom. The number of halogens is 1. The zero-order valence-corrected chi connectivity index (χ0v) is 15.7. The van der Waals surface area contributed by atoms with Crippen LogP contribution in [0, 0.1) is 0 Å². The first kappa shape index (κ1) is 17.2. The Morgan fingerprint density at radius 2 is 2.00 bits per heavy atom. The number of anilines is 2. The second-order valence-corrected chi connectivity index (χ2v) is 7.52. The van der Waals surface area contributed by atoms with Gasteiger partial charge in [-0.05, 0) is 17.7 Å². The molecule has 0 spiro atoms. The molecule has 0 unspecified atom stereocenters. The highest BCUT2D eigenvalue weighted by Crippen LogP contribution is 2.26. The zero-order chi connectivity index (χ0) is 17.0. The van der Waals surface area contributed by atoms with E-state index in [9.17, 15) is 0 Å². The van der Waals surface area contributed by atoms with E-state index in [1.54, 1.807) is 6.33 Å². The molecule has 0 aliphatic carbocycles. The van der Waals surface area contributed by atoms with Crippen molar-refractivity contribution >= 4 is 27.6 Å². The molecule has 0 radical (unpaired) electrons. The molecule has 1 aliphatic heterocycles. The highest BCUT2D eigenvalue weighted by atomic mass is 79.9. The van der Waals surface area contributed by atoms with Gasteiger partial charge in [0.15, 0.2) is 0 Å². The van der Waals surface area contributed by atoms with Crippen molar-refractivity contribution in [3.63, 3.8) is 0 Å². The number of hydrogen-bond acceptors (Lipinski definition) is 5. The van der Waals surface area contributed by atoms with Crippen molar-refractivity contribution in [2.75, 3.05) is 43.1 Å². The van der Waals surface area contributed by atoms with Crippen molar-refractivity contribution in [3.05, 3.63) is 46.7 Å². The molecular formula is C18H23BrN4O. The fraction of sp³-hybridized carbons (Fsp3) is 0.444. The van der Waals surface area contributed by atoms with Gasteiger partial charge >= 0.3 is 0 Å². The molecule has 1 aliphatic rings. The van der Waals surface area contributed by atoms with E-state index in [2.05, 4.69) is 68.2 Å². The normalized spacial score (nSPS) is 15.4. The van der Waals surface area contributed by atoms with Gasteiger partial charge in [0, 0.05) is 35.6 Å². The summed E-state index contributed by atoms with van der Waals surface area (Å²) in [6.07, 6.45) is 1.62. The quantitative estimate of drug-likeness (QED) is 0.846. The molecule has 1 N–H and O–H groups in total. The van der Waals surface area contributed by atoms with Crippen LogP contribution in [0.1, 0.15) is 19.4 Å². The highest BCUT2D eigenvalue weighted by Gasteiger charge is 2.21. The van der Waals surface area contributed by atoms with Gasteiger partial charge in [0.05, 0.1) is 13.2 Å². The van der Waals surface area contributed by atoms with E-state index in [0.717, 1.165) is 49.0 Å². The molecule has 1 saturated heterocycles. The lowest BCUT2D eigenvalue weighted by Gasteiger charge is -2.28. The van der Waals surface area contributed by atoms with Crippen LogP contribution >= 0.6 is 15.9 Å². The SMILES string of the molecule is CC(C)(CNc1cc(N2CCOCC2)ncn1)c1cccc(Br)c1. The Kier molecular flexibility index (Phi) is 5.36. The van der Waals surface area contributed by atoms with Crippen molar-refractivity contribution in [1.82, 2.24) is 9.97 Å². The van der Waals surface area contributed by atoms with E-state index in [0.29, 0.717) is 0 Å². The second kappa shape index (κ2) is 7.49. The van der Waals surface area contributed by atoms with Gasteiger partial charge in [-0.25, -0.2) is 9.97 Å². The lowest BCUT2D eigenvalue weighted by molar-refractivity contribution is 0.122. The Labute approximate surface area is 151 Å². The van der Waals surface area contributed by atoms with E-state index < -0.39 is 0 Å². The van der Waals surface area contributed by atoms with Gasteiger partial charge in [-0.3, -0.25) is 0 Å². The number of benzene rings is 1. The molecule has 2 heterocycles. The van der Waals surface area contributed by atoms with E-state index in [1.807, 2.05) is 12.1 Å². The maximum Gasteiger partial charge on any atom is 0.134 e. The summed E-state index contributed by atoms with van der Waals surface area (Å²) in [5.74, 6) is 1.81. The van der Waals surface area contributed by atoms with Crippen molar-refractivity contribution in [2.24, 2.45) is 0 Å². The highest BCUT2D eigenvalue weighted by molar-refractivity contribution is 9.10. The number of aromatic nitrogens is 2. The lowest BCUT2D eigenvalue weighted by atomic mass is 9.84. The fourth-order valence-electron chi connectivity index (χ4n) is 2.73. The summed E-state index contributed by atoms with van der Waals surface area (Å²) in [5, 5.41) is 3.46. The Morgan fingerprint density at radius 1 is 1.21 bits per heavy atom. The van der Waals surface area contributed by atoms with Crippen LogP contribution in [0.3, 0.4) is 0 Å². The third-order valence-electron chi connectivity index (χ3n) is 4.31. The van der Waals surface area contributed by atoms with Crippen LogP contribution in [0.4, 0.5) is 11.6 Å². The third kappa shape index (κ3) is 4.24. The maximum atomic E-state index is 5.40. The minimum absolute atomic E-state index is 0.00609. The molecule has 0 atom stereocenters. The van der Waals surface area contributed by atoms with Gasteiger partial charge < -0.3 is 15.0 Å². The van der Waals surface area contributed by atoms with E-state index in [1.165, 1.54) is 5.56 Å². The topological polar surface area (TPSA) is 50.3 Å².